The summed E-state index contributed by atoms with van der Waals surface area (Å²) < 4.78 is 30.3. The van der Waals surface area contributed by atoms with Crippen molar-refractivity contribution < 1.29 is 23.1 Å². The number of fused-ring (bicyclic) bond motifs is 2. The van der Waals surface area contributed by atoms with E-state index >= 15 is 0 Å². The van der Waals surface area contributed by atoms with E-state index in [1.165, 1.54) is 34.9 Å². The smallest absolute Gasteiger partial charge is 0.323 e. The molecule has 0 unspecified atom stereocenters. The Morgan fingerprint density at radius 3 is 2.67 bits per heavy atom. The van der Waals surface area contributed by atoms with Crippen molar-refractivity contribution in [3.63, 3.8) is 0 Å². The van der Waals surface area contributed by atoms with Crippen LogP contribution >= 0.6 is 0 Å². The minimum absolute atomic E-state index is 0.0853. The van der Waals surface area contributed by atoms with Crippen LogP contribution in [0.3, 0.4) is 0 Å². The van der Waals surface area contributed by atoms with E-state index in [9.17, 15) is 27.9 Å². The Balaban J connectivity index is 1.23. The van der Waals surface area contributed by atoms with Gasteiger partial charge in [0.15, 0.2) is 0 Å². The molecule has 1 aliphatic heterocycles. The second-order valence-electron chi connectivity index (χ2n) is 8.73. The SMILES string of the molecule is O=C(NC[C@H](NS(=O)(=O)c1ccccc1)C(=O)O)c1ccc2c(cnn2CCc2cc(=O)n3c(n2)N=CC3)c1. The average molecular weight is 550 g/mol. The van der Waals surface area contributed by atoms with E-state index in [0.717, 1.165) is 5.52 Å². The quantitative estimate of drug-likeness (QED) is 0.259. The Labute approximate surface area is 221 Å². The summed E-state index contributed by atoms with van der Waals surface area (Å²) in [7, 11) is -4.10. The van der Waals surface area contributed by atoms with Crippen LogP contribution in [0.4, 0.5) is 5.95 Å². The van der Waals surface area contributed by atoms with Crippen LogP contribution in [0.2, 0.25) is 0 Å². The highest BCUT2D eigenvalue weighted by atomic mass is 32.2. The first kappa shape index (κ1) is 25.9. The summed E-state index contributed by atoms with van der Waals surface area (Å²) in [5.41, 5.74) is 1.44. The second kappa shape index (κ2) is 10.6. The minimum atomic E-state index is -4.10. The van der Waals surface area contributed by atoms with Gasteiger partial charge in [-0.05, 0) is 30.3 Å². The van der Waals surface area contributed by atoms with Crippen LogP contribution in [-0.2, 0) is 34.3 Å². The zero-order chi connectivity index (χ0) is 27.6. The number of carboxylic acids is 1. The number of aliphatic carboxylic acids is 1. The van der Waals surface area contributed by atoms with Crippen molar-refractivity contribution in [2.45, 2.75) is 30.4 Å². The highest BCUT2D eigenvalue weighted by Crippen LogP contribution is 2.17. The van der Waals surface area contributed by atoms with Crippen molar-refractivity contribution in [2.24, 2.45) is 4.99 Å². The standard InChI is InChI=1S/C25H23N7O6S/c33-22-13-18(29-25-26-9-11-31(22)25)8-10-32-21-7-6-16(12-17(21)14-28-32)23(34)27-15-20(24(35)36)30-39(37,38)19-4-2-1-3-5-19/h1-7,9,12-14,20,30H,8,10-11,15H2,(H,27,34)(H,35,36)/t20-/m0/s1. The van der Waals surface area contributed by atoms with Crippen LogP contribution in [0, 0.1) is 0 Å². The number of benzene rings is 2. The molecule has 2 aromatic carbocycles. The van der Waals surface area contributed by atoms with Gasteiger partial charge in [-0.25, -0.2) is 18.4 Å². The third-order valence-corrected chi connectivity index (χ3v) is 7.60. The van der Waals surface area contributed by atoms with Crippen molar-refractivity contribution in [3.8, 4) is 0 Å². The monoisotopic (exact) mass is 549 g/mol. The molecule has 200 valence electrons. The Morgan fingerprint density at radius 1 is 1.10 bits per heavy atom. The molecule has 0 spiro atoms. The molecule has 4 aromatic rings. The number of carboxylic acid groups (broad SMARTS) is 1. The van der Waals surface area contributed by atoms with Crippen molar-refractivity contribution in [2.75, 3.05) is 6.54 Å². The number of aliphatic imine (C=N–C) groups is 1. The number of aromatic nitrogens is 4. The lowest BCUT2D eigenvalue weighted by molar-refractivity contribution is -0.138. The molecule has 1 amide bonds. The van der Waals surface area contributed by atoms with E-state index < -0.39 is 34.5 Å². The van der Waals surface area contributed by atoms with E-state index in [4.69, 9.17) is 0 Å². The van der Waals surface area contributed by atoms with E-state index in [0.29, 0.717) is 36.5 Å². The Kier molecular flexibility index (Phi) is 7.04. The highest BCUT2D eigenvalue weighted by molar-refractivity contribution is 7.89. The molecule has 3 N–H and O–H groups in total. The fraction of sp³-hybridized carbons (Fsp3) is 0.200. The number of nitrogens with one attached hydrogen (secondary N) is 2. The lowest BCUT2D eigenvalue weighted by Crippen LogP contribution is -2.48. The Hall–Kier alpha value is -4.69. The molecule has 0 bridgehead atoms. The van der Waals surface area contributed by atoms with Gasteiger partial charge in [-0.15, -0.1) is 0 Å². The molecule has 14 heteroatoms. The number of rotatable bonds is 10. The molecule has 3 heterocycles. The summed E-state index contributed by atoms with van der Waals surface area (Å²) in [4.78, 5) is 45.0. The summed E-state index contributed by atoms with van der Waals surface area (Å²) in [5.74, 6) is -1.62. The molecule has 13 nitrogen and oxygen atoms in total. The summed E-state index contributed by atoms with van der Waals surface area (Å²) in [6, 6.07) is 12.1. The molecule has 39 heavy (non-hydrogen) atoms. The van der Waals surface area contributed by atoms with Crippen LogP contribution in [0.1, 0.15) is 16.1 Å². The Bertz CT molecular complexity index is 1760. The second-order valence-corrected chi connectivity index (χ2v) is 10.4. The van der Waals surface area contributed by atoms with E-state index in [-0.39, 0.29) is 16.0 Å². The van der Waals surface area contributed by atoms with Crippen LogP contribution in [0.25, 0.3) is 10.9 Å². The zero-order valence-electron chi connectivity index (χ0n) is 20.4. The number of carbonyl (C=O) groups excluding carboxylic acids is 1. The van der Waals surface area contributed by atoms with Crippen LogP contribution in [0.15, 0.2) is 75.5 Å². The first-order valence-electron chi connectivity index (χ1n) is 11.9. The van der Waals surface area contributed by atoms with Gasteiger partial charge in [0.2, 0.25) is 16.0 Å². The molecule has 0 saturated carbocycles. The minimum Gasteiger partial charge on any atom is -0.480 e. The molecule has 0 fully saturated rings. The van der Waals surface area contributed by atoms with Gasteiger partial charge in [0.05, 0.1) is 28.8 Å². The molecule has 2 aromatic heterocycles. The molecule has 5 rings (SSSR count). The lowest BCUT2D eigenvalue weighted by Gasteiger charge is -2.15. The first-order chi connectivity index (χ1) is 18.7. The van der Waals surface area contributed by atoms with Crippen molar-refractivity contribution in [1.82, 2.24) is 29.4 Å². The van der Waals surface area contributed by atoms with Gasteiger partial charge in [-0.1, -0.05) is 18.2 Å². The fourth-order valence-electron chi connectivity index (χ4n) is 4.10. The van der Waals surface area contributed by atoms with Gasteiger partial charge in [-0.3, -0.25) is 23.6 Å². The fourth-order valence-corrected chi connectivity index (χ4v) is 5.31. The number of hydrogen-bond acceptors (Lipinski definition) is 8. The van der Waals surface area contributed by atoms with Gasteiger partial charge in [0.25, 0.3) is 11.5 Å². The third kappa shape index (κ3) is 5.61. The predicted octanol–water partition coefficient (Wildman–Crippen LogP) is 0.713. The third-order valence-electron chi connectivity index (χ3n) is 6.11. The van der Waals surface area contributed by atoms with E-state index in [2.05, 4.69) is 25.1 Å². The van der Waals surface area contributed by atoms with Crippen molar-refractivity contribution >= 4 is 45.0 Å². The van der Waals surface area contributed by atoms with Gasteiger partial charge in [0, 0.05) is 42.7 Å². The van der Waals surface area contributed by atoms with Crippen molar-refractivity contribution in [1.29, 1.82) is 0 Å². The van der Waals surface area contributed by atoms with Crippen LogP contribution in [-0.4, -0.2) is 63.5 Å². The molecular formula is C25H23N7O6S. The number of amides is 1. The highest BCUT2D eigenvalue weighted by Gasteiger charge is 2.26. The number of sulfonamides is 1. The molecule has 0 radical (unpaired) electrons. The van der Waals surface area contributed by atoms with Crippen LogP contribution < -0.4 is 15.6 Å². The van der Waals surface area contributed by atoms with E-state index in [1.807, 2.05) is 0 Å². The van der Waals surface area contributed by atoms with Crippen molar-refractivity contribution in [3.05, 3.63) is 82.4 Å². The maximum absolute atomic E-state index is 12.7. The largest absolute Gasteiger partial charge is 0.480 e. The lowest BCUT2D eigenvalue weighted by atomic mass is 10.1. The summed E-state index contributed by atoms with van der Waals surface area (Å²) in [5, 5.41) is 17.0. The molecule has 1 atom stereocenters. The average Bonchev–Trinajstić information content (AvgIpc) is 3.57. The maximum Gasteiger partial charge on any atom is 0.323 e. The topological polar surface area (TPSA) is 178 Å². The molecular weight excluding hydrogens is 526 g/mol. The molecule has 1 aliphatic rings. The number of aryl methyl sites for hydroxylation is 2. The zero-order valence-corrected chi connectivity index (χ0v) is 21.2. The number of carbonyl (C=O) groups is 2. The summed E-state index contributed by atoms with van der Waals surface area (Å²) in [6.07, 6.45) is 3.68. The molecule has 0 aliphatic carbocycles. The molecule has 0 saturated heterocycles. The summed E-state index contributed by atoms with van der Waals surface area (Å²) in [6.45, 7) is 0.396. The van der Waals surface area contributed by atoms with Gasteiger partial charge in [0.1, 0.15) is 6.04 Å². The number of hydrogen-bond donors (Lipinski definition) is 3. The van der Waals surface area contributed by atoms with Gasteiger partial charge in [-0.2, -0.15) is 9.82 Å². The Morgan fingerprint density at radius 2 is 1.90 bits per heavy atom. The van der Waals surface area contributed by atoms with Crippen LogP contribution in [0.5, 0.6) is 0 Å². The van der Waals surface area contributed by atoms with E-state index in [1.54, 1.807) is 41.4 Å². The predicted molar refractivity (Wildman–Crippen MR) is 141 cm³/mol. The van der Waals surface area contributed by atoms with Gasteiger partial charge < -0.3 is 10.4 Å². The van der Waals surface area contributed by atoms with Gasteiger partial charge >= 0.3 is 5.97 Å². The first-order valence-corrected chi connectivity index (χ1v) is 13.4. The maximum atomic E-state index is 12.7. The normalized spacial score (nSPS) is 13.3. The number of nitrogens with zero attached hydrogens (tertiary/aromatic N) is 5. The summed E-state index contributed by atoms with van der Waals surface area (Å²) >= 11 is 0.